The third-order valence-electron chi connectivity index (χ3n) is 2.08. The Hall–Kier alpha value is -0.810. The number of ether oxygens (including phenoxy) is 1. The van der Waals surface area contributed by atoms with Gasteiger partial charge in [0.2, 0.25) is 0 Å². The van der Waals surface area contributed by atoms with E-state index in [1.165, 1.54) is 19.3 Å². The van der Waals surface area contributed by atoms with Crippen molar-refractivity contribution in [3.63, 3.8) is 0 Å². The van der Waals surface area contributed by atoms with Crippen LogP contribution in [-0.4, -0.2) is 12.7 Å². The number of nitrogens with zero attached hydrogens (tertiary/aromatic N) is 1. The molecule has 0 amide bonds. The van der Waals surface area contributed by atoms with Crippen LogP contribution >= 0.6 is 0 Å². The van der Waals surface area contributed by atoms with Gasteiger partial charge in [0.25, 0.3) is 0 Å². The van der Waals surface area contributed by atoms with Crippen molar-refractivity contribution in [1.82, 2.24) is 0 Å². The average molecular weight is 195 g/mol. The summed E-state index contributed by atoms with van der Waals surface area (Å²) in [5.41, 5.74) is 1.14. The molecule has 0 radical (unpaired) electrons. The Morgan fingerprint density at radius 2 is 2.21 bits per heavy atom. The molecule has 0 heterocycles. The molecular formula is C12H21NO. The molecule has 0 aromatic carbocycles. The lowest BCUT2D eigenvalue weighted by atomic mass is 10.1. The summed E-state index contributed by atoms with van der Waals surface area (Å²) < 4.78 is 5.45. The van der Waals surface area contributed by atoms with E-state index in [0.29, 0.717) is 13.0 Å². The molecule has 0 saturated carbocycles. The fourth-order valence-corrected chi connectivity index (χ4v) is 1.14. The summed E-state index contributed by atoms with van der Waals surface area (Å²) in [5, 5.41) is 8.42. The lowest BCUT2D eigenvalue weighted by Gasteiger charge is -2.10. The van der Waals surface area contributed by atoms with Crippen molar-refractivity contribution in [2.45, 2.75) is 52.1 Å². The largest absolute Gasteiger partial charge is 0.373 e. The first-order valence-electron chi connectivity index (χ1n) is 5.35. The first-order valence-corrected chi connectivity index (χ1v) is 5.35. The monoisotopic (exact) mass is 195 g/mol. The SMILES string of the molecule is C=C(CCCCC)COC(C)CC#N. The van der Waals surface area contributed by atoms with E-state index in [0.717, 1.165) is 12.0 Å². The van der Waals surface area contributed by atoms with Gasteiger partial charge in [0, 0.05) is 0 Å². The van der Waals surface area contributed by atoms with Crippen molar-refractivity contribution in [3.8, 4) is 6.07 Å². The highest BCUT2D eigenvalue weighted by Gasteiger charge is 2.01. The van der Waals surface area contributed by atoms with E-state index in [9.17, 15) is 0 Å². The van der Waals surface area contributed by atoms with Crippen molar-refractivity contribution in [2.75, 3.05) is 6.61 Å². The molecule has 0 aromatic rings. The second-order valence-corrected chi connectivity index (χ2v) is 3.69. The minimum Gasteiger partial charge on any atom is -0.373 e. The lowest BCUT2D eigenvalue weighted by molar-refractivity contribution is 0.0856. The minimum absolute atomic E-state index is 0.0305. The van der Waals surface area contributed by atoms with E-state index in [2.05, 4.69) is 19.6 Å². The molecule has 0 aromatic heterocycles. The molecule has 0 bridgehead atoms. The van der Waals surface area contributed by atoms with Gasteiger partial charge >= 0.3 is 0 Å². The molecule has 1 unspecified atom stereocenters. The normalized spacial score (nSPS) is 12.1. The van der Waals surface area contributed by atoms with E-state index >= 15 is 0 Å². The molecule has 1 atom stereocenters. The summed E-state index contributed by atoms with van der Waals surface area (Å²) in [6, 6.07) is 2.09. The average Bonchev–Trinajstić information content (AvgIpc) is 2.16. The van der Waals surface area contributed by atoms with Crippen LogP contribution in [0.1, 0.15) is 46.0 Å². The fraction of sp³-hybridized carbons (Fsp3) is 0.750. The van der Waals surface area contributed by atoms with Crippen LogP contribution in [0.3, 0.4) is 0 Å². The highest BCUT2D eigenvalue weighted by atomic mass is 16.5. The van der Waals surface area contributed by atoms with Crippen LogP contribution in [0.2, 0.25) is 0 Å². The highest BCUT2D eigenvalue weighted by molar-refractivity contribution is 4.94. The predicted molar refractivity (Wildman–Crippen MR) is 58.9 cm³/mol. The van der Waals surface area contributed by atoms with Gasteiger partial charge in [-0.1, -0.05) is 31.9 Å². The second-order valence-electron chi connectivity index (χ2n) is 3.69. The van der Waals surface area contributed by atoms with Gasteiger partial charge in [0.05, 0.1) is 25.2 Å². The summed E-state index contributed by atoms with van der Waals surface area (Å²) in [6.07, 6.45) is 5.23. The van der Waals surface area contributed by atoms with Gasteiger partial charge in [0.1, 0.15) is 0 Å². The molecule has 14 heavy (non-hydrogen) atoms. The van der Waals surface area contributed by atoms with Crippen LogP contribution < -0.4 is 0 Å². The van der Waals surface area contributed by atoms with E-state index in [1.807, 2.05) is 6.92 Å². The lowest BCUT2D eigenvalue weighted by Crippen LogP contribution is -2.09. The molecule has 0 rings (SSSR count). The smallest absolute Gasteiger partial charge is 0.0681 e. The van der Waals surface area contributed by atoms with E-state index in [4.69, 9.17) is 10.00 Å². The van der Waals surface area contributed by atoms with Crippen molar-refractivity contribution >= 4 is 0 Å². The van der Waals surface area contributed by atoms with E-state index < -0.39 is 0 Å². The van der Waals surface area contributed by atoms with Crippen LogP contribution in [0.4, 0.5) is 0 Å². The van der Waals surface area contributed by atoms with Crippen LogP contribution in [-0.2, 0) is 4.74 Å². The molecule has 0 aliphatic carbocycles. The van der Waals surface area contributed by atoms with Crippen molar-refractivity contribution in [1.29, 1.82) is 5.26 Å². The Morgan fingerprint density at radius 3 is 2.79 bits per heavy atom. The Balaban J connectivity index is 3.40. The number of unbranched alkanes of at least 4 members (excludes halogenated alkanes) is 2. The number of rotatable bonds is 8. The Labute approximate surface area is 87.6 Å². The summed E-state index contributed by atoms with van der Waals surface area (Å²) in [5.74, 6) is 0. The number of nitriles is 1. The standard InChI is InChI=1S/C12H21NO/c1-4-5-6-7-11(2)10-14-12(3)8-9-13/h12H,2,4-8,10H2,1,3H3. The molecule has 0 saturated heterocycles. The maximum atomic E-state index is 8.42. The fourth-order valence-electron chi connectivity index (χ4n) is 1.14. The number of hydrogen-bond donors (Lipinski definition) is 0. The third-order valence-corrected chi connectivity index (χ3v) is 2.08. The van der Waals surface area contributed by atoms with E-state index in [-0.39, 0.29) is 6.10 Å². The van der Waals surface area contributed by atoms with Gasteiger partial charge in [0.15, 0.2) is 0 Å². The van der Waals surface area contributed by atoms with Gasteiger partial charge in [-0.15, -0.1) is 0 Å². The highest BCUT2D eigenvalue weighted by Crippen LogP contribution is 2.08. The summed E-state index contributed by atoms with van der Waals surface area (Å²) in [4.78, 5) is 0. The Bertz CT molecular complexity index is 193. The Kier molecular flexibility index (Phi) is 8.27. The quantitative estimate of drug-likeness (QED) is 0.439. The van der Waals surface area contributed by atoms with Gasteiger partial charge in [-0.3, -0.25) is 0 Å². The zero-order valence-corrected chi connectivity index (χ0v) is 9.38. The zero-order chi connectivity index (χ0) is 10.8. The first-order chi connectivity index (χ1) is 6.70. The Morgan fingerprint density at radius 1 is 1.50 bits per heavy atom. The molecule has 80 valence electrons. The van der Waals surface area contributed by atoms with Gasteiger partial charge in [-0.25, -0.2) is 0 Å². The maximum absolute atomic E-state index is 8.42. The zero-order valence-electron chi connectivity index (χ0n) is 9.38. The maximum Gasteiger partial charge on any atom is 0.0681 e. The molecule has 0 aliphatic rings. The summed E-state index contributed by atoms with van der Waals surface area (Å²) in [6.45, 7) is 8.66. The van der Waals surface area contributed by atoms with Gasteiger partial charge < -0.3 is 4.74 Å². The first kappa shape index (κ1) is 13.2. The molecule has 0 N–H and O–H groups in total. The summed E-state index contributed by atoms with van der Waals surface area (Å²) >= 11 is 0. The minimum atomic E-state index is 0.0305. The molecule has 0 fully saturated rings. The van der Waals surface area contributed by atoms with E-state index in [1.54, 1.807) is 0 Å². The molecule has 2 nitrogen and oxygen atoms in total. The van der Waals surface area contributed by atoms with Crippen LogP contribution in [0.15, 0.2) is 12.2 Å². The third kappa shape index (κ3) is 7.82. The second kappa shape index (κ2) is 8.77. The van der Waals surface area contributed by atoms with Crippen molar-refractivity contribution in [2.24, 2.45) is 0 Å². The summed E-state index contributed by atoms with van der Waals surface area (Å²) in [7, 11) is 0. The van der Waals surface area contributed by atoms with Crippen LogP contribution in [0.25, 0.3) is 0 Å². The number of hydrogen-bond acceptors (Lipinski definition) is 2. The van der Waals surface area contributed by atoms with Crippen LogP contribution in [0.5, 0.6) is 0 Å². The molecular weight excluding hydrogens is 174 g/mol. The predicted octanol–water partition coefficient (Wildman–Crippen LogP) is 3.44. The molecule has 0 spiro atoms. The topological polar surface area (TPSA) is 33.0 Å². The van der Waals surface area contributed by atoms with Crippen molar-refractivity contribution in [3.05, 3.63) is 12.2 Å². The molecule has 2 heteroatoms. The van der Waals surface area contributed by atoms with Gasteiger partial charge in [-0.2, -0.15) is 5.26 Å². The van der Waals surface area contributed by atoms with Crippen molar-refractivity contribution < 1.29 is 4.74 Å². The van der Waals surface area contributed by atoms with Crippen LogP contribution in [0, 0.1) is 11.3 Å². The van der Waals surface area contributed by atoms with Gasteiger partial charge in [-0.05, 0) is 19.8 Å². The molecule has 0 aliphatic heterocycles.